The monoisotopic (exact) mass is 423 g/mol. The Morgan fingerprint density at radius 3 is 1.93 bits per heavy atom. The molecule has 29 heavy (non-hydrogen) atoms. The van der Waals surface area contributed by atoms with E-state index in [1.54, 1.807) is 17.0 Å². The summed E-state index contributed by atoms with van der Waals surface area (Å²) in [7, 11) is -1.49. The lowest BCUT2D eigenvalue weighted by Crippen LogP contribution is -2.57. The van der Waals surface area contributed by atoms with Crippen LogP contribution in [0.3, 0.4) is 0 Å². The molecule has 0 radical (unpaired) electrons. The molecule has 0 bridgehead atoms. The fourth-order valence-electron chi connectivity index (χ4n) is 3.48. The number of carbonyl (C=O) groups excluding carboxylic acids is 2. The molecule has 0 unspecified atom stereocenters. The van der Waals surface area contributed by atoms with Gasteiger partial charge in [0.15, 0.2) is 0 Å². The van der Waals surface area contributed by atoms with E-state index in [4.69, 9.17) is 0 Å². The number of amides is 2. The van der Waals surface area contributed by atoms with Crippen LogP contribution in [0, 0.1) is 0 Å². The van der Waals surface area contributed by atoms with Gasteiger partial charge in [-0.05, 0) is 24.7 Å². The summed E-state index contributed by atoms with van der Waals surface area (Å²) in [6.07, 6.45) is 0. The molecule has 3 rings (SSSR count). The molecule has 2 saturated heterocycles. The maximum Gasteiger partial charge on any atom is 0.282 e. The average molecular weight is 424 g/mol. The third-order valence-electron chi connectivity index (χ3n) is 5.38. The predicted octanol–water partition coefficient (Wildman–Crippen LogP) is -0.427. The van der Waals surface area contributed by atoms with E-state index in [1.165, 1.54) is 15.5 Å². The zero-order valence-corrected chi connectivity index (χ0v) is 17.8. The maximum absolute atomic E-state index is 12.8. The first kappa shape index (κ1) is 21.7. The second kappa shape index (κ2) is 9.21. The van der Waals surface area contributed by atoms with Gasteiger partial charge in [0.25, 0.3) is 16.1 Å². The van der Waals surface area contributed by atoms with E-state index >= 15 is 0 Å². The third-order valence-corrected chi connectivity index (χ3v) is 7.42. The molecule has 2 amide bonds. The number of hydrogen-bond acceptors (Lipinski definition) is 5. The van der Waals surface area contributed by atoms with Crippen LogP contribution < -0.4 is 5.32 Å². The minimum absolute atomic E-state index is 0.102. The Kier molecular flexibility index (Phi) is 6.89. The lowest BCUT2D eigenvalue weighted by Gasteiger charge is -2.39. The van der Waals surface area contributed by atoms with Crippen molar-refractivity contribution in [2.24, 2.45) is 0 Å². The van der Waals surface area contributed by atoms with Gasteiger partial charge in [0.2, 0.25) is 5.91 Å². The number of benzene rings is 1. The van der Waals surface area contributed by atoms with E-state index in [1.807, 2.05) is 19.2 Å². The minimum atomic E-state index is -3.47. The molecule has 2 heterocycles. The molecule has 2 aliphatic heterocycles. The largest absolute Gasteiger partial charge is 0.352 e. The zero-order valence-electron chi connectivity index (χ0n) is 17.0. The van der Waals surface area contributed by atoms with Crippen LogP contribution in [-0.4, -0.2) is 98.0 Å². The molecule has 2 fully saturated rings. The SMILES string of the molecule is CC(=O)NCc1ccc(C(=O)N2CCN(S(=O)(=O)N3CCN(C)CC3)CC2)cc1. The van der Waals surface area contributed by atoms with Crippen LogP contribution in [0.15, 0.2) is 24.3 Å². The minimum Gasteiger partial charge on any atom is -0.352 e. The number of rotatable bonds is 5. The molecule has 0 aliphatic carbocycles. The molecule has 1 aromatic carbocycles. The van der Waals surface area contributed by atoms with Crippen molar-refractivity contribution in [1.82, 2.24) is 23.7 Å². The number of hydrogen-bond donors (Lipinski definition) is 1. The van der Waals surface area contributed by atoms with Crippen LogP contribution in [0.1, 0.15) is 22.8 Å². The summed E-state index contributed by atoms with van der Waals surface area (Å²) in [5.41, 5.74) is 1.48. The molecule has 160 valence electrons. The standard InChI is InChI=1S/C19H29N5O4S/c1-16(25)20-15-17-3-5-18(6-4-17)19(26)22-9-13-24(14-10-22)29(27,28)23-11-7-21(2)8-12-23/h3-6H,7-15H2,1-2H3,(H,20,25). The summed E-state index contributed by atoms with van der Waals surface area (Å²) in [5, 5.41) is 2.72. The molecule has 0 atom stereocenters. The summed E-state index contributed by atoms with van der Waals surface area (Å²) in [4.78, 5) is 27.5. The molecule has 1 N–H and O–H groups in total. The number of nitrogens with one attached hydrogen (secondary N) is 1. The Morgan fingerprint density at radius 2 is 1.41 bits per heavy atom. The van der Waals surface area contributed by atoms with Crippen LogP contribution in [0.4, 0.5) is 0 Å². The van der Waals surface area contributed by atoms with E-state index in [0.29, 0.717) is 51.4 Å². The van der Waals surface area contributed by atoms with E-state index in [0.717, 1.165) is 18.7 Å². The summed E-state index contributed by atoms with van der Waals surface area (Å²) < 4.78 is 28.7. The van der Waals surface area contributed by atoms with Crippen LogP contribution >= 0.6 is 0 Å². The highest BCUT2D eigenvalue weighted by molar-refractivity contribution is 7.86. The topological polar surface area (TPSA) is 93.3 Å². The molecule has 0 aromatic heterocycles. The van der Waals surface area contributed by atoms with E-state index in [2.05, 4.69) is 10.2 Å². The number of piperazine rings is 2. The van der Waals surface area contributed by atoms with Crippen LogP contribution in [0.2, 0.25) is 0 Å². The fourth-order valence-corrected chi connectivity index (χ4v) is 5.05. The molecule has 9 nitrogen and oxygen atoms in total. The van der Waals surface area contributed by atoms with Crippen molar-refractivity contribution in [2.45, 2.75) is 13.5 Å². The smallest absolute Gasteiger partial charge is 0.282 e. The number of carbonyl (C=O) groups is 2. The highest BCUT2D eigenvalue weighted by Crippen LogP contribution is 2.16. The fraction of sp³-hybridized carbons (Fsp3) is 0.579. The van der Waals surface area contributed by atoms with Gasteiger partial charge >= 0.3 is 0 Å². The first-order chi connectivity index (χ1) is 13.8. The van der Waals surface area contributed by atoms with Crippen molar-refractivity contribution in [3.63, 3.8) is 0 Å². The van der Waals surface area contributed by atoms with Gasteiger partial charge in [-0.2, -0.15) is 17.0 Å². The van der Waals surface area contributed by atoms with Crippen molar-refractivity contribution < 1.29 is 18.0 Å². The first-order valence-corrected chi connectivity index (χ1v) is 11.2. The van der Waals surface area contributed by atoms with E-state index < -0.39 is 10.2 Å². The first-order valence-electron chi connectivity index (χ1n) is 9.84. The molecule has 10 heteroatoms. The Bertz CT molecular complexity index is 827. The van der Waals surface area contributed by atoms with Crippen LogP contribution in [-0.2, 0) is 21.5 Å². The van der Waals surface area contributed by atoms with Gasteiger partial charge in [-0.1, -0.05) is 12.1 Å². The summed E-state index contributed by atoms with van der Waals surface area (Å²) in [5.74, 6) is -0.206. The van der Waals surface area contributed by atoms with Crippen molar-refractivity contribution >= 4 is 22.0 Å². The Labute approximate surface area is 172 Å². The highest BCUT2D eigenvalue weighted by atomic mass is 32.2. The third kappa shape index (κ3) is 5.33. The van der Waals surface area contributed by atoms with Crippen molar-refractivity contribution in [1.29, 1.82) is 0 Å². The lowest BCUT2D eigenvalue weighted by atomic mass is 10.1. The lowest BCUT2D eigenvalue weighted by molar-refractivity contribution is -0.119. The van der Waals surface area contributed by atoms with Crippen molar-refractivity contribution in [3.8, 4) is 0 Å². The Morgan fingerprint density at radius 1 is 0.897 bits per heavy atom. The zero-order chi connectivity index (χ0) is 21.0. The quantitative estimate of drug-likeness (QED) is 0.694. The van der Waals surface area contributed by atoms with Gasteiger partial charge in [0.05, 0.1) is 0 Å². The predicted molar refractivity (Wildman–Crippen MR) is 109 cm³/mol. The van der Waals surface area contributed by atoms with Crippen LogP contribution in [0.5, 0.6) is 0 Å². The molecule has 2 aliphatic rings. The van der Waals surface area contributed by atoms with Gasteiger partial charge in [-0.15, -0.1) is 0 Å². The van der Waals surface area contributed by atoms with Crippen LogP contribution in [0.25, 0.3) is 0 Å². The average Bonchev–Trinajstić information content (AvgIpc) is 2.72. The Balaban J connectivity index is 1.54. The van der Waals surface area contributed by atoms with Gasteiger partial charge in [0.1, 0.15) is 0 Å². The maximum atomic E-state index is 12.8. The van der Waals surface area contributed by atoms with E-state index in [-0.39, 0.29) is 11.8 Å². The summed E-state index contributed by atoms with van der Waals surface area (Å²) in [6, 6.07) is 7.12. The van der Waals surface area contributed by atoms with Gasteiger partial charge in [-0.25, -0.2) is 0 Å². The second-order valence-corrected chi connectivity index (χ2v) is 9.44. The van der Waals surface area contributed by atoms with Gasteiger partial charge < -0.3 is 15.1 Å². The number of nitrogens with zero attached hydrogens (tertiary/aromatic N) is 4. The second-order valence-electron chi connectivity index (χ2n) is 7.51. The van der Waals surface area contributed by atoms with Gasteiger partial charge in [0, 0.05) is 71.4 Å². The van der Waals surface area contributed by atoms with Gasteiger partial charge in [-0.3, -0.25) is 9.59 Å². The Hall–Kier alpha value is -2.01. The molecular weight excluding hydrogens is 394 g/mol. The summed E-state index contributed by atoms with van der Waals surface area (Å²) >= 11 is 0. The molecule has 1 aromatic rings. The number of likely N-dealkylation sites (N-methyl/N-ethyl adjacent to an activating group) is 1. The summed E-state index contributed by atoms with van der Waals surface area (Å²) in [6.45, 7) is 5.71. The normalized spacial score (nSPS) is 19.9. The highest BCUT2D eigenvalue weighted by Gasteiger charge is 2.34. The molecular formula is C19H29N5O4S. The molecule has 0 spiro atoms. The molecule has 0 saturated carbocycles. The van der Waals surface area contributed by atoms with Crippen molar-refractivity contribution in [3.05, 3.63) is 35.4 Å². The van der Waals surface area contributed by atoms with E-state index in [9.17, 15) is 18.0 Å². The van der Waals surface area contributed by atoms with Crippen molar-refractivity contribution in [2.75, 3.05) is 59.4 Å².